The number of rotatable bonds is 12. The molecule has 4 nitrogen and oxygen atoms in total. The number of sulfone groups is 1. The van der Waals surface area contributed by atoms with Crippen LogP contribution in [0, 0.1) is 0 Å². The molecule has 0 aliphatic rings. The molecule has 0 aromatic heterocycles. The molecule has 0 bridgehead atoms. The fourth-order valence-electron chi connectivity index (χ4n) is 3.86. The van der Waals surface area contributed by atoms with E-state index in [2.05, 4.69) is 26.8 Å². The Morgan fingerprint density at radius 3 is 2.33 bits per heavy atom. The standard InChI is InChI=1S/C28H38O4S/c1-5-6-8-16-24-19-26(29)25(18-17-22(4)13-11-12-21(2)3)27(30)28(24)33(31,32)20-23-14-9-7-10-15-23/h7,9-10,12,14-15,17,19,29-30H,5-6,8,11,13,16,18,20H2,1-4H3. The Bertz CT molecular complexity index is 1080. The second-order valence-corrected chi connectivity index (χ2v) is 10.9. The molecule has 2 rings (SSSR count). The number of benzene rings is 2. The van der Waals surface area contributed by atoms with Gasteiger partial charge in [-0.1, -0.05) is 73.4 Å². The summed E-state index contributed by atoms with van der Waals surface area (Å²) in [6, 6.07) is 10.5. The second kappa shape index (κ2) is 12.6. The third-order valence-electron chi connectivity index (χ3n) is 5.72. The first kappa shape index (κ1) is 26.7. The van der Waals surface area contributed by atoms with Gasteiger partial charge in [0.1, 0.15) is 16.4 Å². The molecule has 0 heterocycles. The van der Waals surface area contributed by atoms with E-state index in [1.807, 2.05) is 19.1 Å². The summed E-state index contributed by atoms with van der Waals surface area (Å²) in [4.78, 5) is -0.0362. The minimum atomic E-state index is -3.80. The predicted molar refractivity (Wildman–Crippen MR) is 136 cm³/mol. The zero-order valence-corrected chi connectivity index (χ0v) is 21.2. The minimum Gasteiger partial charge on any atom is -0.508 e. The molecule has 0 aliphatic heterocycles. The summed E-state index contributed by atoms with van der Waals surface area (Å²) >= 11 is 0. The van der Waals surface area contributed by atoms with E-state index in [0.29, 0.717) is 17.5 Å². The Labute approximate surface area is 199 Å². The van der Waals surface area contributed by atoms with Gasteiger partial charge in [0.15, 0.2) is 9.84 Å². The SMILES string of the molecule is CCCCCc1cc(O)c(CC=C(C)CCC=C(C)C)c(O)c1S(=O)(=O)Cc1ccccc1. The Hall–Kier alpha value is -2.53. The molecule has 0 spiro atoms. The number of aryl methyl sites for hydroxylation is 1. The molecule has 0 saturated heterocycles. The second-order valence-electron chi connectivity index (χ2n) is 8.99. The molecule has 0 atom stereocenters. The molecule has 2 aromatic carbocycles. The molecular formula is C28H38O4S. The molecule has 2 N–H and O–H groups in total. The van der Waals surface area contributed by atoms with Gasteiger partial charge in [0.05, 0.1) is 5.75 Å². The molecule has 5 heteroatoms. The molecule has 0 aliphatic carbocycles. The quantitative estimate of drug-likeness (QED) is 0.258. The van der Waals surface area contributed by atoms with Gasteiger partial charge in [-0.2, -0.15) is 0 Å². The maximum absolute atomic E-state index is 13.4. The van der Waals surface area contributed by atoms with Crippen LogP contribution in [-0.4, -0.2) is 18.6 Å². The van der Waals surface area contributed by atoms with Gasteiger partial charge in [0.25, 0.3) is 0 Å². The van der Waals surface area contributed by atoms with E-state index < -0.39 is 9.84 Å². The summed E-state index contributed by atoms with van der Waals surface area (Å²) in [5, 5.41) is 21.8. The van der Waals surface area contributed by atoms with Gasteiger partial charge in [0.2, 0.25) is 0 Å². The monoisotopic (exact) mass is 470 g/mol. The highest BCUT2D eigenvalue weighted by molar-refractivity contribution is 7.90. The zero-order valence-electron chi connectivity index (χ0n) is 20.4. The number of hydrogen-bond acceptors (Lipinski definition) is 4. The maximum Gasteiger partial charge on any atom is 0.186 e. The highest BCUT2D eigenvalue weighted by Gasteiger charge is 2.27. The number of phenols is 2. The van der Waals surface area contributed by atoms with E-state index in [0.717, 1.165) is 37.7 Å². The van der Waals surface area contributed by atoms with Crippen molar-refractivity contribution in [1.82, 2.24) is 0 Å². The van der Waals surface area contributed by atoms with Crippen molar-refractivity contribution in [3.63, 3.8) is 0 Å². The summed E-state index contributed by atoms with van der Waals surface area (Å²) in [5.74, 6) is -0.555. The predicted octanol–water partition coefficient (Wildman–Crippen LogP) is 7.04. The van der Waals surface area contributed by atoms with Gasteiger partial charge in [-0.15, -0.1) is 0 Å². The van der Waals surface area contributed by atoms with Crippen molar-refractivity contribution in [2.75, 3.05) is 0 Å². The van der Waals surface area contributed by atoms with Gasteiger partial charge in [-0.25, -0.2) is 8.42 Å². The lowest BCUT2D eigenvalue weighted by atomic mass is 10.00. The zero-order chi connectivity index (χ0) is 24.4. The van der Waals surface area contributed by atoms with Crippen molar-refractivity contribution in [3.8, 4) is 11.5 Å². The van der Waals surface area contributed by atoms with E-state index in [1.54, 1.807) is 24.3 Å². The highest BCUT2D eigenvalue weighted by Crippen LogP contribution is 2.39. The summed E-state index contributed by atoms with van der Waals surface area (Å²) in [7, 11) is -3.80. The van der Waals surface area contributed by atoms with Crippen LogP contribution in [0.2, 0.25) is 0 Å². The normalized spacial score (nSPS) is 12.1. The van der Waals surface area contributed by atoms with Crippen LogP contribution in [0.15, 0.2) is 64.6 Å². The summed E-state index contributed by atoms with van der Waals surface area (Å²) in [6.07, 6.45) is 9.46. The number of hydrogen-bond donors (Lipinski definition) is 2. The van der Waals surface area contributed by atoms with Gasteiger partial charge >= 0.3 is 0 Å². The van der Waals surface area contributed by atoms with Crippen molar-refractivity contribution >= 4 is 9.84 Å². The van der Waals surface area contributed by atoms with Crippen LogP contribution >= 0.6 is 0 Å². The first-order chi connectivity index (χ1) is 15.7. The van der Waals surface area contributed by atoms with Crippen molar-refractivity contribution in [2.45, 2.75) is 83.3 Å². The number of allylic oxidation sites excluding steroid dienone is 4. The van der Waals surface area contributed by atoms with E-state index in [4.69, 9.17) is 0 Å². The van der Waals surface area contributed by atoms with E-state index in [1.165, 1.54) is 11.6 Å². The van der Waals surface area contributed by atoms with E-state index in [-0.39, 0.29) is 34.1 Å². The summed E-state index contributed by atoms with van der Waals surface area (Å²) in [5.41, 5.74) is 3.82. The molecule has 33 heavy (non-hydrogen) atoms. The van der Waals surface area contributed by atoms with Crippen molar-refractivity contribution < 1.29 is 18.6 Å². The Kier molecular flexibility index (Phi) is 10.2. The molecule has 0 saturated carbocycles. The van der Waals surface area contributed by atoms with Crippen molar-refractivity contribution in [2.24, 2.45) is 0 Å². The average molecular weight is 471 g/mol. The first-order valence-electron chi connectivity index (χ1n) is 11.8. The lowest BCUT2D eigenvalue weighted by Crippen LogP contribution is -2.10. The Morgan fingerprint density at radius 1 is 1.00 bits per heavy atom. The maximum atomic E-state index is 13.4. The molecule has 2 aromatic rings. The molecule has 0 radical (unpaired) electrons. The van der Waals surface area contributed by atoms with Crippen LogP contribution < -0.4 is 0 Å². The summed E-state index contributed by atoms with van der Waals surface area (Å²) in [6.45, 7) is 8.22. The molecule has 0 amide bonds. The molecular weight excluding hydrogens is 432 g/mol. The average Bonchev–Trinajstić information content (AvgIpc) is 2.73. The lowest BCUT2D eigenvalue weighted by Gasteiger charge is -2.17. The van der Waals surface area contributed by atoms with Crippen LogP contribution in [0.25, 0.3) is 0 Å². The topological polar surface area (TPSA) is 74.6 Å². The van der Waals surface area contributed by atoms with Crippen LogP contribution in [-0.2, 0) is 28.4 Å². The van der Waals surface area contributed by atoms with Crippen molar-refractivity contribution in [3.05, 3.63) is 76.4 Å². The van der Waals surface area contributed by atoms with Crippen LogP contribution in [0.4, 0.5) is 0 Å². The van der Waals surface area contributed by atoms with E-state index >= 15 is 0 Å². The third-order valence-corrected chi connectivity index (χ3v) is 7.51. The van der Waals surface area contributed by atoms with Gasteiger partial charge < -0.3 is 10.2 Å². The van der Waals surface area contributed by atoms with Gasteiger partial charge in [0, 0.05) is 5.56 Å². The fourth-order valence-corrected chi connectivity index (χ4v) is 5.61. The van der Waals surface area contributed by atoms with Crippen LogP contribution in [0.3, 0.4) is 0 Å². The van der Waals surface area contributed by atoms with E-state index in [9.17, 15) is 18.6 Å². The first-order valence-corrected chi connectivity index (χ1v) is 13.4. The third kappa shape index (κ3) is 8.08. The molecule has 0 unspecified atom stereocenters. The Morgan fingerprint density at radius 2 is 1.70 bits per heavy atom. The van der Waals surface area contributed by atoms with Gasteiger partial charge in [-0.3, -0.25) is 0 Å². The molecule has 0 fully saturated rings. The van der Waals surface area contributed by atoms with Crippen LogP contribution in [0.5, 0.6) is 11.5 Å². The minimum absolute atomic E-state index is 0.0362. The van der Waals surface area contributed by atoms with Gasteiger partial charge in [-0.05, 0) is 70.1 Å². The van der Waals surface area contributed by atoms with Crippen molar-refractivity contribution in [1.29, 1.82) is 0 Å². The lowest BCUT2D eigenvalue weighted by molar-refractivity contribution is 0.427. The number of aromatic hydroxyl groups is 2. The smallest absolute Gasteiger partial charge is 0.186 e. The largest absolute Gasteiger partial charge is 0.508 e. The fraction of sp³-hybridized carbons (Fsp3) is 0.429. The summed E-state index contributed by atoms with van der Waals surface area (Å²) < 4.78 is 26.8. The highest BCUT2D eigenvalue weighted by atomic mass is 32.2. The number of unbranched alkanes of at least 4 members (excludes halogenated alkanes) is 2. The van der Waals surface area contributed by atoms with Crippen LogP contribution in [0.1, 0.15) is 76.5 Å². The molecule has 180 valence electrons. The number of phenolic OH excluding ortho intramolecular Hbond substituents is 2. The Balaban J connectivity index is 2.43.